The predicted molar refractivity (Wildman–Crippen MR) is 52.9 cm³/mol. The first-order valence-electron chi connectivity index (χ1n) is 3.63. The molecule has 0 radical (unpaired) electrons. The Morgan fingerprint density at radius 2 is 1.21 bits per heavy atom. The van der Waals surface area contributed by atoms with Crippen molar-refractivity contribution >= 4 is 34.2 Å². The van der Waals surface area contributed by atoms with E-state index in [2.05, 4.69) is 9.97 Å². The van der Waals surface area contributed by atoms with Gasteiger partial charge in [0.2, 0.25) is 0 Å². The molecule has 2 aromatic rings. The van der Waals surface area contributed by atoms with Crippen LogP contribution in [0.25, 0.3) is 11.0 Å². The van der Waals surface area contributed by atoms with Crippen molar-refractivity contribution in [3.8, 4) is 11.5 Å². The van der Waals surface area contributed by atoms with E-state index in [-0.39, 0.29) is 32.8 Å². The molecular formula is C8H4Cl2N2O2. The number of rotatable bonds is 0. The summed E-state index contributed by atoms with van der Waals surface area (Å²) in [7, 11) is 0. The molecule has 0 atom stereocenters. The van der Waals surface area contributed by atoms with Gasteiger partial charge in [0, 0.05) is 0 Å². The van der Waals surface area contributed by atoms with E-state index in [9.17, 15) is 10.2 Å². The van der Waals surface area contributed by atoms with Crippen LogP contribution in [-0.2, 0) is 0 Å². The Bertz CT molecular complexity index is 470. The van der Waals surface area contributed by atoms with Gasteiger partial charge in [0.25, 0.3) is 0 Å². The van der Waals surface area contributed by atoms with Gasteiger partial charge in [-0.25, -0.2) is 9.97 Å². The quantitative estimate of drug-likeness (QED) is 0.683. The Kier molecular flexibility index (Phi) is 2.09. The second kappa shape index (κ2) is 3.15. The number of aromatic hydroxyl groups is 2. The molecule has 0 aliphatic rings. The maximum absolute atomic E-state index is 9.40. The third-order valence-corrected chi connectivity index (χ3v) is 2.32. The Labute approximate surface area is 88.7 Å². The summed E-state index contributed by atoms with van der Waals surface area (Å²) in [5.41, 5.74) is 0.249. The number of fused-ring (bicyclic) bond motifs is 1. The van der Waals surface area contributed by atoms with Crippen LogP contribution in [0, 0.1) is 0 Å². The molecule has 1 aromatic carbocycles. The maximum Gasteiger partial charge on any atom is 0.167 e. The summed E-state index contributed by atoms with van der Waals surface area (Å²) in [4.78, 5) is 7.59. The number of benzene rings is 1. The monoisotopic (exact) mass is 230 g/mol. The first-order valence-corrected chi connectivity index (χ1v) is 4.39. The number of phenols is 2. The molecule has 4 nitrogen and oxygen atoms in total. The standard InChI is InChI=1S/C8H4Cl2N2O2/c9-7-8(10)12-6-4(14)2-1-3(13)5(6)11-7/h1-2,13-14H. The van der Waals surface area contributed by atoms with Crippen molar-refractivity contribution in [1.82, 2.24) is 9.97 Å². The van der Waals surface area contributed by atoms with E-state index in [1.54, 1.807) is 0 Å². The molecule has 0 amide bonds. The Hall–Kier alpha value is -1.26. The summed E-state index contributed by atoms with van der Waals surface area (Å²) in [5.74, 6) is -0.215. The van der Waals surface area contributed by atoms with E-state index in [4.69, 9.17) is 23.2 Å². The van der Waals surface area contributed by atoms with Crippen molar-refractivity contribution in [3.63, 3.8) is 0 Å². The summed E-state index contributed by atoms with van der Waals surface area (Å²) in [6.07, 6.45) is 0. The van der Waals surface area contributed by atoms with E-state index in [1.165, 1.54) is 12.1 Å². The Morgan fingerprint density at radius 1 is 0.857 bits per heavy atom. The molecule has 0 saturated heterocycles. The molecule has 72 valence electrons. The highest BCUT2D eigenvalue weighted by Gasteiger charge is 2.11. The van der Waals surface area contributed by atoms with Crippen molar-refractivity contribution in [1.29, 1.82) is 0 Å². The summed E-state index contributed by atoms with van der Waals surface area (Å²) in [5, 5.41) is 18.8. The lowest BCUT2D eigenvalue weighted by Crippen LogP contribution is -1.87. The van der Waals surface area contributed by atoms with E-state index >= 15 is 0 Å². The van der Waals surface area contributed by atoms with E-state index in [0.717, 1.165) is 0 Å². The van der Waals surface area contributed by atoms with Gasteiger partial charge in [0.1, 0.15) is 22.5 Å². The highest BCUT2D eigenvalue weighted by atomic mass is 35.5. The largest absolute Gasteiger partial charge is 0.506 e. The summed E-state index contributed by atoms with van der Waals surface area (Å²) in [6, 6.07) is 2.60. The van der Waals surface area contributed by atoms with E-state index in [0.29, 0.717) is 0 Å². The summed E-state index contributed by atoms with van der Waals surface area (Å²) in [6.45, 7) is 0. The van der Waals surface area contributed by atoms with Gasteiger partial charge in [0.05, 0.1) is 0 Å². The Balaban J connectivity index is 2.94. The molecule has 0 bridgehead atoms. The van der Waals surface area contributed by atoms with Crippen LogP contribution in [0.15, 0.2) is 12.1 Å². The fraction of sp³-hybridized carbons (Fsp3) is 0. The van der Waals surface area contributed by atoms with E-state index in [1.807, 2.05) is 0 Å². The zero-order chi connectivity index (χ0) is 10.3. The molecule has 1 aromatic heterocycles. The highest BCUT2D eigenvalue weighted by molar-refractivity contribution is 6.40. The molecule has 0 saturated carbocycles. The summed E-state index contributed by atoms with van der Waals surface area (Å²) >= 11 is 11.2. The molecular weight excluding hydrogens is 227 g/mol. The number of phenolic OH excluding ortho intramolecular Hbond substituents is 2. The van der Waals surface area contributed by atoms with Crippen LogP contribution < -0.4 is 0 Å². The van der Waals surface area contributed by atoms with Crippen LogP contribution in [-0.4, -0.2) is 20.2 Å². The molecule has 0 fully saturated rings. The number of nitrogens with zero attached hydrogens (tertiary/aromatic N) is 2. The minimum atomic E-state index is -0.108. The molecule has 1 heterocycles. The highest BCUT2D eigenvalue weighted by Crippen LogP contribution is 2.31. The molecule has 0 aliphatic carbocycles. The second-order valence-electron chi connectivity index (χ2n) is 2.61. The predicted octanol–water partition coefficient (Wildman–Crippen LogP) is 2.35. The number of aromatic nitrogens is 2. The lowest BCUT2D eigenvalue weighted by Gasteiger charge is -2.02. The third kappa shape index (κ3) is 1.32. The van der Waals surface area contributed by atoms with Crippen LogP contribution in [0.3, 0.4) is 0 Å². The maximum atomic E-state index is 9.40. The fourth-order valence-electron chi connectivity index (χ4n) is 1.07. The van der Waals surface area contributed by atoms with Crippen molar-refractivity contribution in [2.45, 2.75) is 0 Å². The van der Waals surface area contributed by atoms with Crippen molar-refractivity contribution in [2.75, 3.05) is 0 Å². The summed E-state index contributed by atoms with van der Waals surface area (Å²) < 4.78 is 0. The SMILES string of the molecule is Oc1ccc(O)c2nc(Cl)c(Cl)nc12. The van der Waals surface area contributed by atoms with Gasteiger partial charge in [0.15, 0.2) is 10.3 Å². The average molecular weight is 231 g/mol. The van der Waals surface area contributed by atoms with Gasteiger partial charge in [-0.2, -0.15) is 0 Å². The Morgan fingerprint density at radius 3 is 1.57 bits per heavy atom. The van der Waals surface area contributed by atoms with E-state index < -0.39 is 0 Å². The number of hydrogen-bond acceptors (Lipinski definition) is 4. The first kappa shape index (κ1) is 9.30. The molecule has 2 N–H and O–H groups in total. The number of halogens is 2. The van der Waals surface area contributed by atoms with Gasteiger partial charge in [-0.15, -0.1) is 0 Å². The third-order valence-electron chi connectivity index (χ3n) is 1.70. The smallest absolute Gasteiger partial charge is 0.167 e. The van der Waals surface area contributed by atoms with Crippen LogP contribution in [0.4, 0.5) is 0 Å². The molecule has 0 aliphatic heterocycles. The molecule has 6 heteroatoms. The number of hydrogen-bond donors (Lipinski definition) is 2. The zero-order valence-corrected chi connectivity index (χ0v) is 8.21. The van der Waals surface area contributed by atoms with Crippen molar-refractivity contribution in [2.24, 2.45) is 0 Å². The van der Waals surface area contributed by atoms with Crippen LogP contribution >= 0.6 is 23.2 Å². The van der Waals surface area contributed by atoms with Gasteiger partial charge < -0.3 is 10.2 Å². The topological polar surface area (TPSA) is 66.2 Å². The first-order chi connectivity index (χ1) is 6.59. The van der Waals surface area contributed by atoms with Gasteiger partial charge in [-0.3, -0.25) is 0 Å². The minimum Gasteiger partial charge on any atom is -0.506 e. The molecule has 14 heavy (non-hydrogen) atoms. The van der Waals surface area contributed by atoms with Crippen LogP contribution in [0.5, 0.6) is 11.5 Å². The molecule has 0 unspecified atom stereocenters. The van der Waals surface area contributed by atoms with Crippen molar-refractivity contribution in [3.05, 3.63) is 22.4 Å². The average Bonchev–Trinajstić information content (AvgIpc) is 2.15. The lowest BCUT2D eigenvalue weighted by molar-refractivity contribution is 0.467. The van der Waals surface area contributed by atoms with Crippen LogP contribution in [0.2, 0.25) is 10.3 Å². The van der Waals surface area contributed by atoms with Gasteiger partial charge in [-0.05, 0) is 12.1 Å². The second-order valence-corrected chi connectivity index (χ2v) is 3.32. The van der Waals surface area contributed by atoms with Gasteiger partial charge in [-0.1, -0.05) is 23.2 Å². The minimum absolute atomic E-state index is 0.0138. The molecule has 2 rings (SSSR count). The lowest BCUT2D eigenvalue weighted by atomic mass is 10.2. The van der Waals surface area contributed by atoms with Crippen molar-refractivity contribution < 1.29 is 10.2 Å². The van der Waals surface area contributed by atoms with Crippen LogP contribution in [0.1, 0.15) is 0 Å². The normalized spacial score (nSPS) is 10.7. The fourth-order valence-corrected chi connectivity index (χ4v) is 1.32. The van der Waals surface area contributed by atoms with Gasteiger partial charge >= 0.3 is 0 Å². The molecule has 0 spiro atoms. The zero-order valence-electron chi connectivity index (χ0n) is 6.70.